The maximum absolute atomic E-state index is 6.15. The summed E-state index contributed by atoms with van der Waals surface area (Å²) in [6.45, 7) is 6.53. The molecule has 0 atom stereocenters. The van der Waals surface area contributed by atoms with E-state index in [-0.39, 0.29) is 5.41 Å². The van der Waals surface area contributed by atoms with Crippen molar-refractivity contribution in [3.63, 3.8) is 0 Å². The van der Waals surface area contributed by atoms with Crippen LogP contribution in [0.15, 0.2) is 28.5 Å². The molecule has 0 bridgehead atoms. The first-order valence-electron chi connectivity index (χ1n) is 5.99. The van der Waals surface area contributed by atoms with E-state index in [0.29, 0.717) is 5.02 Å². The maximum atomic E-state index is 6.15. The Morgan fingerprint density at radius 1 is 1.37 bits per heavy atom. The zero-order valence-corrected chi connectivity index (χ0v) is 13.6. The molecule has 0 fully saturated rings. The van der Waals surface area contributed by atoms with E-state index < -0.39 is 0 Å². The number of thiazole rings is 1. The van der Waals surface area contributed by atoms with Crippen LogP contribution in [0.1, 0.15) is 31.5 Å². The Balaban J connectivity index is 2.09. The minimum atomic E-state index is 0.108. The SMILES string of the molecule is CC(C)(C)c1nc(CSc2c(N)cccc2Cl)cs1. The van der Waals surface area contributed by atoms with Crippen LogP contribution in [0.4, 0.5) is 5.69 Å². The first-order valence-corrected chi connectivity index (χ1v) is 8.24. The van der Waals surface area contributed by atoms with Crippen LogP contribution in [0.2, 0.25) is 5.02 Å². The lowest BCUT2D eigenvalue weighted by Crippen LogP contribution is -2.10. The van der Waals surface area contributed by atoms with Gasteiger partial charge in [0, 0.05) is 27.1 Å². The van der Waals surface area contributed by atoms with Gasteiger partial charge in [0.1, 0.15) is 0 Å². The second-order valence-corrected chi connectivity index (χ2v) is 7.59. The molecule has 0 saturated carbocycles. The van der Waals surface area contributed by atoms with Crippen LogP contribution in [0.5, 0.6) is 0 Å². The Bertz CT molecular complexity index is 553. The second kappa shape index (κ2) is 5.73. The molecule has 0 spiro atoms. The minimum absolute atomic E-state index is 0.108. The monoisotopic (exact) mass is 312 g/mol. The van der Waals surface area contributed by atoms with Crippen molar-refractivity contribution in [2.45, 2.75) is 36.8 Å². The van der Waals surface area contributed by atoms with E-state index in [1.807, 2.05) is 18.2 Å². The number of benzene rings is 1. The first kappa shape index (κ1) is 14.7. The summed E-state index contributed by atoms with van der Waals surface area (Å²) in [4.78, 5) is 5.61. The van der Waals surface area contributed by atoms with Gasteiger partial charge in [-0.3, -0.25) is 0 Å². The highest BCUT2D eigenvalue weighted by molar-refractivity contribution is 7.98. The zero-order valence-electron chi connectivity index (χ0n) is 11.2. The molecule has 0 unspecified atom stereocenters. The molecule has 0 aliphatic rings. The molecule has 1 aromatic carbocycles. The Hall–Kier alpha value is -0.710. The van der Waals surface area contributed by atoms with E-state index in [2.05, 4.69) is 31.1 Å². The molecule has 19 heavy (non-hydrogen) atoms. The summed E-state index contributed by atoms with van der Waals surface area (Å²) in [5, 5.41) is 3.98. The third-order valence-corrected chi connectivity index (χ3v) is 5.48. The quantitative estimate of drug-likeness (QED) is 0.642. The van der Waals surface area contributed by atoms with Gasteiger partial charge in [-0.15, -0.1) is 23.1 Å². The molecule has 2 N–H and O–H groups in total. The van der Waals surface area contributed by atoms with Crippen molar-refractivity contribution in [2.75, 3.05) is 5.73 Å². The maximum Gasteiger partial charge on any atom is 0.0982 e. The summed E-state index contributed by atoms with van der Waals surface area (Å²) in [7, 11) is 0. The molecular formula is C14H17ClN2S2. The number of anilines is 1. The third-order valence-electron chi connectivity index (χ3n) is 2.56. The fraction of sp³-hybridized carbons (Fsp3) is 0.357. The minimum Gasteiger partial charge on any atom is -0.398 e. The van der Waals surface area contributed by atoms with Gasteiger partial charge in [0.15, 0.2) is 0 Å². The normalized spacial score (nSPS) is 11.8. The van der Waals surface area contributed by atoms with E-state index in [1.165, 1.54) is 0 Å². The highest BCUT2D eigenvalue weighted by atomic mass is 35.5. The molecule has 1 heterocycles. The fourth-order valence-electron chi connectivity index (χ4n) is 1.54. The molecule has 0 radical (unpaired) electrons. The fourth-order valence-corrected chi connectivity index (χ4v) is 3.78. The molecule has 102 valence electrons. The molecule has 0 aliphatic carbocycles. The average molecular weight is 313 g/mol. The van der Waals surface area contributed by atoms with Crippen molar-refractivity contribution in [2.24, 2.45) is 0 Å². The van der Waals surface area contributed by atoms with Gasteiger partial charge >= 0.3 is 0 Å². The molecular weight excluding hydrogens is 296 g/mol. The van der Waals surface area contributed by atoms with Gasteiger partial charge in [-0.05, 0) is 12.1 Å². The third kappa shape index (κ3) is 3.65. The number of nitrogens with zero attached hydrogens (tertiary/aromatic N) is 1. The molecule has 2 rings (SSSR count). The van der Waals surface area contributed by atoms with Gasteiger partial charge in [-0.25, -0.2) is 4.98 Å². The summed E-state index contributed by atoms with van der Waals surface area (Å²) in [6.07, 6.45) is 0. The summed E-state index contributed by atoms with van der Waals surface area (Å²) >= 11 is 9.50. The Kier molecular flexibility index (Phi) is 4.43. The number of halogens is 1. The molecule has 0 amide bonds. The summed E-state index contributed by atoms with van der Waals surface area (Å²) in [6, 6.07) is 5.60. The van der Waals surface area contributed by atoms with Gasteiger partial charge in [-0.1, -0.05) is 38.4 Å². The van der Waals surface area contributed by atoms with Crippen LogP contribution in [0, 0.1) is 0 Å². The zero-order chi connectivity index (χ0) is 14.0. The van der Waals surface area contributed by atoms with Gasteiger partial charge in [0.25, 0.3) is 0 Å². The average Bonchev–Trinajstić information content (AvgIpc) is 2.77. The Labute approximate surface area is 127 Å². The molecule has 2 aromatic rings. The predicted octanol–water partition coefficient (Wildman–Crippen LogP) is 4.97. The number of hydrogen-bond donors (Lipinski definition) is 1. The molecule has 0 aliphatic heterocycles. The highest BCUT2D eigenvalue weighted by Gasteiger charge is 2.18. The van der Waals surface area contributed by atoms with Crippen molar-refractivity contribution in [3.8, 4) is 0 Å². The lowest BCUT2D eigenvalue weighted by Gasteiger charge is -2.13. The number of nitrogen functional groups attached to an aromatic ring is 1. The standard InChI is InChI=1S/C14H17ClN2S2/c1-14(2,3)13-17-9(8-19-13)7-18-12-10(15)5-4-6-11(12)16/h4-6,8H,7,16H2,1-3H3. The van der Waals surface area contributed by atoms with Crippen LogP contribution in [-0.2, 0) is 11.2 Å². The van der Waals surface area contributed by atoms with Gasteiger partial charge in [0.2, 0.25) is 0 Å². The van der Waals surface area contributed by atoms with Crippen molar-refractivity contribution >= 4 is 40.4 Å². The number of nitrogens with two attached hydrogens (primary N) is 1. The molecule has 1 aromatic heterocycles. The number of rotatable bonds is 3. The van der Waals surface area contributed by atoms with E-state index in [1.54, 1.807) is 23.1 Å². The van der Waals surface area contributed by atoms with Crippen molar-refractivity contribution in [1.29, 1.82) is 0 Å². The van der Waals surface area contributed by atoms with Crippen molar-refractivity contribution in [1.82, 2.24) is 4.98 Å². The largest absolute Gasteiger partial charge is 0.398 e. The van der Waals surface area contributed by atoms with Gasteiger partial charge in [0.05, 0.1) is 15.7 Å². The number of aromatic nitrogens is 1. The van der Waals surface area contributed by atoms with Crippen molar-refractivity contribution in [3.05, 3.63) is 39.3 Å². The van der Waals surface area contributed by atoms with E-state index >= 15 is 0 Å². The molecule has 0 saturated heterocycles. The topological polar surface area (TPSA) is 38.9 Å². The molecule has 2 nitrogen and oxygen atoms in total. The van der Waals surface area contributed by atoms with Crippen molar-refractivity contribution < 1.29 is 0 Å². The summed E-state index contributed by atoms with van der Waals surface area (Å²) in [5.74, 6) is 0.792. The Morgan fingerprint density at radius 3 is 2.68 bits per heavy atom. The van der Waals surface area contributed by atoms with Crippen LogP contribution >= 0.6 is 34.7 Å². The predicted molar refractivity (Wildman–Crippen MR) is 86.2 cm³/mol. The van der Waals surface area contributed by atoms with Crippen LogP contribution in [0.25, 0.3) is 0 Å². The highest BCUT2D eigenvalue weighted by Crippen LogP contribution is 2.35. The van der Waals surface area contributed by atoms with Crippen LogP contribution in [-0.4, -0.2) is 4.98 Å². The van der Waals surface area contributed by atoms with E-state index in [4.69, 9.17) is 17.3 Å². The smallest absolute Gasteiger partial charge is 0.0982 e. The van der Waals surface area contributed by atoms with Crippen LogP contribution < -0.4 is 5.73 Å². The van der Waals surface area contributed by atoms with Gasteiger partial charge in [-0.2, -0.15) is 0 Å². The van der Waals surface area contributed by atoms with E-state index in [0.717, 1.165) is 27.0 Å². The van der Waals surface area contributed by atoms with E-state index in [9.17, 15) is 0 Å². The summed E-state index contributed by atoms with van der Waals surface area (Å²) in [5.41, 5.74) is 7.85. The van der Waals surface area contributed by atoms with Crippen LogP contribution in [0.3, 0.4) is 0 Å². The number of thioether (sulfide) groups is 1. The Morgan fingerprint density at radius 2 is 2.11 bits per heavy atom. The lowest BCUT2D eigenvalue weighted by atomic mass is 9.98. The lowest BCUT2D eigenvalue weighted by molar-refractivity contribution is 0.584. The molecule has 5 heteroatoms. The second-order valence-electron chi connectivity index (χ2n) is 5.34. The van der Waals surface area contributed by atoms with Gasteiger partial charge < -0.3 is 5.73 Å². The number of hydrogen-bond acceptors (Lipinski definition) is 4. The summed E-state index contributed by atoms with van der Waals surface area (Å²) < 4.78 is 0. The first-order chi connectivity index (χ1) is 8.88.